The molecule has 0 bridgehead atoms. The molecule has 0 aliphatic carbocycles. The molecular weight excluding hydrogens is 446 g/mol. The van der Waals surface area contributed by atoms with Crippen molar-refractivity contribution in [2.24, 2.45) is 0 Å². The summed E-state index contributed by atoms with van der Waals surface area (Å²) in [4.78, 5) is 0. The van der Waals surface area contributed by atoms with Crippen molar-refractivity contribution in [2.75, 3.05) is 19.1 Å². The molecule has 0 aliphatic heterocycles. The summed E-state index contributed by atoms with van der Waals surface area (Å²) < 4.78 is 12.8. The Morgan fingerprint density at radius 2 is 1.89 bits per heavy atom. The van der Waals surface area contributed by atoms with E-state index in [-0.39, 0.29) is 11.6 Å². The minimum Gasteiger partial charge on any atom is -0.358 e. The fourth-order valence-electron chi connectivity index (χ4n) is 0.794. The first kappa shape index (κ1) is 19.1. The van der Waals surface area contributed by atoms with Crippen molar-refractivity contribution in [2.45, 2.75) is 24.1 Å². The lowest BCUT2D eigenvalue weighted by Gasteiger charge is -2.04. The van der Waals surface area contributed by atoms with Crippen LogP contribution in [0, 0.1) is 33.5 Å². The second-order valence-corrected chi connectivity index (χ2v) is 4.91. The maximum atomic E-state index is 9.30. The third kappa shape index (κ3) is 14.3. The molecule has 0 saturated carbocycles. The molecule has 0 aliphatic rings. The summed E-state index contributed by atoms with van der Waals surface area (Å²) in [5, 5.41) is 9.07. The average molecular weight is 460 g/mol. The van der Waals surface area contributed by atoms with E-state index < -0.39 is 6.29 Å². The molecule has 0 aromatic rings. The second kappa shape index (κ2) is 14.5. The van der Waals surface area contributed by atoms with E-state index in [1.165, 1.54) is 0 Å². The maximum Gasteiger partial charge on any atom is 0.220 e. The smallest absolute Gasteiger partial charge is 0.220 e. The minimum atomic E-state index is -1.12. The van der Waals surface area contributed by atoms with E-state index in [0.717, 1.165) is 0 Å². The van der Waals surface area contributed by atoms with Crippen LogP contribution in [0.3, 0.4) is 0 Å². The van der Waals surface area contributed by atoms with Crippen LogP contribution in [-0.2, 0) is 9.47 Å². The Hall–Kier alpha value is 0.0600. The van der Waals surface area contributed by atoms with Crippen molar-refractivity contribution in [1.29, 1.82) is 0 Å². The third-order valence-electron chi connectivity index (χ3n) is 1.55. The Labute approximate surface area is 141 Å². The molecule has 0 heterocycles. The number of halogens is 3. The van der Waals surface area contributed by atoms with Gasteiger partial charge in [-0.3, -0.25) is 0 Å². The van der Waals surface area contributed by atoms with E-state index in [0.29, 0.717) is 25.3 Å². The second-order valence-electron chi connectivity index (χ2n) is 2.97. The van der Waals surface area contributed by atoms with Crippen LogP contribution in [0.5, 0.6) is 0 Å². The molecule has 0 fully saturated rings. The Bertz CT molecular complexity index is 411. The van der Waals surface area contributed by atoms with Crippen LogP contribution in [0.15, 0.2) is 0 Å². The molecule has 104 valence electrons. The van der Waals surface area contributed by atoms with Gasteiger partial charge in [-0.2, -0.15) is 0 Å². The number of hydrogen-bond donors (Lipinski definition) is 1. The SMILES string of the molecule is OC(C#CCC(Br)OCC#CCCCl)OCC#CI. The molecule has 19 heavy (non-hydrogen) atoms. The zero-order valence-corrected chi connectivity index (χ0v) is 14.6. The third-order valence-corrected chi connectivity index (χ3v) is 2.71. The molecule has 0 aromatic carbocycles. The molecule has 0 amide bonds. The van der Waals surface area contributed by atoms with Gasteiger partial charge in [0.05, 0.1) is 0 Å². The monoisotopic (exact) mass is 458 g/mol. The van der Waals surface area contributed by atoms with Gasteiger partial charge in [0.1, 0.15) is 18.2 Å². The number of aliphatic hydroxyl groups is 1. The van der Waals surface area contributed by atoms with Crippen LogP contribution in [0.2, 0.25) is 0 Å². The van der Waals surface area contributed by atoms with Gasteiger partial charge in [-0.05, 0) is 9.85 Å². The van der Waals surface area contributed by atoms with Crippen LogP contribution in [-0.4, -0.2) is 35.5 Å². The fourth-order valence-corrected chi connectivity index (χ4v) is 1.34. The Morgan fingerprint density at radius 1 is 1.16 bits per heavy atom. The topological polar surface area (TPSA) is 38.7 Å². The van der Waals surface area contributed by atoms with Gasteiger partial charge in [0.15, 0.2) is 0 Å². The highest BCUT2D eigenvalue weighted by Crippen LogP contribution is 2.05. The average Bonchev–Trinajstić information content (AvgIpc) is 2.39. The van der Waals surface area contributed by atoms with Crippen molar-refractivity contribution in [3.05, 3.63) is 0 Å². The standard InChI is InChI=1S/C13H13BrClIO3/c14-12(18-10-3-1-2-8-15)6-4-7-13(17)19-11-5-9-16/h12-13,17H,2,6,8,10-11H2. The molecular formula is C13H13BrClIO3. The van der Waals surface area contributed by atoms with E-state index in [1.807, 2.05) is 22.6 Å². The van der Waals surface area contributed by atoms with Crippen LogP contribution in [0.25, 0.3) is 0 Å². The molecule has 0 rings (SSSR count). The Morgan fingerprint density at radius 3 is 2.58 bits per heavy atom. The number of aliphatic hydroxyl groups excluding tert-OH is 1. The number of rotatable bonds is 6. The van der Waals surface area contributed by atoms with Gasteiger partial charge in [-0.1, -0.05) is 39.6 Å². The van der Waals surface area contributed by atoms with Crippen molar-refractivity contribution in [3.63, 3.8) is 0 Å². The zero-order valence-electron chi connectivity index (χ0n) is 10.1. The van der Waals surface area contributed by atoms with Crippen molar-refractivity contribution in [3.8, 4) is 33.5 Å². The first-order chi connectivity index (χ1) is 9.20. The predicted molar refractivity (Wildman–Crippen MR) is 87.9 cm³/mol. The van der Waals surface area contributed by atoms with E-state index >= 15 is 0 Å². The molecule has 0 saturated heterocycles. The van der Waals surface area contributed by atoms with Gasteiger partial charge < -0.3 is 14.6 Å². The van der Waals surface area contributed by atoms with Crippen molar-refractivity contribution < 1.29 is 14.6 Å². The number of ether oxygens (including phenoxy) is 2. The molecule has 1 N–H and O–H groups in total. The fraction of sp³-hybridized carbons (Fsp3) is 0.538. The lowest BCUT2D eigenvalue weighted by atomic mass is 10.4. The minimum absolute atomic E-state index is 0.156. The highest BCUT2D eigenvalue weighted by atomic mass is 127. The summed E-state index contributed by atoms with van der Waals surface area (Å²) in [7, 11) is 0. The van der Waals surface area contributed by atoms with Gasteiger partial charge in [0, 0.05) is 41.3 Å². The maximum absolute atomic E-state index is 9.30. The number of hydrogen-bond acceptors (Lipinski definition) is 3. The molecule has 0 spiro atoms. The summed E-state index contributed by atoms with van der Waals surface area (Å²) in [6, 6.07) is 0. The highest BCUT2D eigenvalue weighted by Gasteiger charge is 2.01. The van der Waals surface area contributed by atoms with Crippen LogP contribution >= 0.6 is 50.1 Å². The van der Waals surface area contributed by atoms with E-state index in [4.69, 9.17) is 21.1 Å². The predicted octanol–water partition coefficient (Wildman–Crippen LogP) is 2.48. The summed E-state index contributed by atoms with van der Waals surface area (Å²) in [5.41, 5.74) is 0. The van der Waals surface area contributed by atoms with Crippen LogP contribution in [0.4, 0.5) is 0 Å². The van der Waals surface area contributed by atoms with Crippen LogP contribution in [0.1, 0.15) is 12.8 Å². The van der Waals surface area contributed by atoms with Gasteiger partial charge in [0.2, 0.25) is 6.29 Å². The molecule has 2 unspecified atom stereocenters. The molecule has 2 atom stereocenters. The largest absolute Gasteiger partial charge is 0.358 e. The summed E-state index contributed by atoms with van der Waals surface area (Å²) in [5.74, 6) is 14.1. The Balaban J connectivity index is 3.74. The molecule has 3 nitrogen and oxygen atoms in total. The highest BCUT2D eigenvalue weighted by molar-refractivity contribution is 14.1. The van der Waals surface area contributed by atoms with Crippen molar-refractivity contribution >= 4 is 50.1 Å². The van der Waals surface area contributed by atoms with Gasteiger partial charge in [0.25, 0.3) is 0 Å². The Kier molecular flexibility index (Phi) is 14.5. The van der Waals surface area contributed by atoms with Gasteiger partial charge in [-0.15, -0.1) is 11.6 Å². The normalized spacial score (nSPS) is 12.0. The summed E-state index contributed by atoms with van der Waals surface area (Å²) in [6.07, 6.45) is -0.0443. The van der Waals surface area contributed by atoms with Crippen molar-refractivity contribution in [1.82, 2.24) is 0 Å². The lowest BCUT2D eigenvalue weighted by molar-refractivity contribution is -0.0428. The van der Waals surface area contributed by atoms with E-state index in [9.17, 15) is 5.11 Å². The summed E-state index contributed by atoms with van der Waals surface area (Å²) in [6.45, 7) is 0.474. The van der Waals surface area contributed by atoms with Crippen LogP contribution < -0.4 is 0 Å². The van der Waals surface area contributed by atoms with E-state index in [2.05, 4.69) is 49.5 Å². The molecule has 0 radical (unpaired) electrons. The van der Waals surface area contributed by atoms with Gasteiger partial charge >= 0.3 is 0 Å². The quantitative estimate of drug-likeness (QED) is 0.287. The molecule has 0 aromatic heterocycles. The summed E-state index contributed by atoms with van der Waals surface area (Å²) >= 11 is 10.7. The first-order valence-corrected chi connectivity index (χ1v) is 7.87. The zero-order chi connectivity index (χ0) is 14.3. The van der Waals surface area contributed by atoms with Gasteiger partial charge in [-0.25, -0.2) is 0 Å². The number of alkyl halides is 2. The molecule has 6 heteroatoms. The lowest BCUT2D eigenvalue weighted by Crippen LogP contribution is -2.09. The van der Waals surface area contributed by atoms with E-state index in [1.54, 1.807) is 0 Å². The first-order valence-electron chi connectivity index (χ1n) is 5.34.